The van der Waals surface area contributed by atoms with Gasteiger partial charge in [-0.25, -0.2) is 8.42 Å². The van der Waals surface area contributed by atoms with E-state index in [-0.39, 0.29) is 17.9 Å². The molecule has 94 valence electrons. The van der Waals surface area contributed by atoms with Gasteiger partial charge in [-0.2, -0.15) is 0 Å². The summed E-state index contributed by atoms with van der Waals surface area (Å²) in [6.45, 7) is 0. The van der Waals surface area contributed by atoms with Gasteiger partial charge in [-0.15, -0.1) is 0 Å². The minimum atomic E-state index is -4.13. The first-order chi connectivity index (χ1) is 7.71. The molecule has 1 aromatic carbocycles. The fourth-order valence-electron chi connectivity index (χ4n) is 1.21. The van der Waals surface area contributed by atoms with E-state index in [0.717, 1.165) is 6.07 Å². The van der Waals surface area contributed by atoms with Crippen molar-refractivity contribution < 1.29 is 23.4 Å². The van der Waals surface area contributed by atoms with Gasteiger partial charge >= 0.3 is 5.97 Å². The van der Waals surface area contributed by atoms with Crippen LogP contribution in [0.5, 0.6) is 5.75 Å². The van der Waals surface area contributed by atoms with Crippen LogP contribution in [0.1, 0.15) is 12.0 Å². The minimum absolute atomic E-state index is 0.0920. The number of carbonyl (C=O) groups is 1. The second-order valence-electron chi connectivity index (χ2n) is 3.26. The summed E-state index contributed by atoms with van der Waals surface area (Å²) in [6, 6.07) is 2.40. The van der Waals surface area contributed by atoms with E-state index in [2.05, 4.69) is 0 Å². The maximum atomic E-state index is 11.1. The number of hydrogen-bond acceptors (Lipinski definition) is 4. The van der Waals surface area contributed by atoms with Gasteiger partial charge in [0.25, 0.3) is 9.05 Å². The molecule has 0 unspecified atom stereocenters. The Labute approximate surface area is 107 Å². The molecule has 17 heavy (non-hydrogen) atoms. The highest BCUT2D eigenvalue weighted by atomic mass is 35.7. The number of halogens is 2. The summed E-state index contributed by atoms with van der Waals surface area (Å²) >= 11 is 5.62. The van der Waals surface area contributed by atoms with Crippen LogP contribution in [0.4, 0.5) is 0 Å². The predicted octanol–water partition coefficient (Wildman–Crippen LogP) is 1.99. The Kier molecular flexibility index (Phi) is 4.24. The second kappa shape index (κ2) is 5.12. The summed E-state index contributed by atoms with van der Waals surface area (Å²) in [7, 11) is 0.981. The molecule has 1 aromatic rings. The lowest BCUT2D eigenvalue weighted by atomic mass is 10.1. The van der Waals surface area contributed by atoms with Crippen LogP contribution in [0.15, 0.2) is 17.0 Å². The van der Waals surface area contributed by atoms with Crippen molar-refractivity contribution in [2.45, 2.75) is 17.7 Å². The monoisotopic (exact) mass is 298 g/mol. The summed E-state index contributed by atoms with van der Waals surface area (Å²) in [4.78, 5) is 9.86. The number of aromatic hydroxyl groups is 1. The van der Waals surface area contributed by atoms with Crippen molar-refractivity contribution in [1.82, 2.24) is 0 Å². The third kappa shape index (κ3) is 3.76. The molecule has 5 nitrogen and oxygen atoms in total. The summed E-state index contributed by atoms with van der Waals surface area (Å²) in [5, 5.41) is 17.7. The standard InChI is InChI=1S/C9H8Cl2O5S/c10-6-3-5(1-2-8(12)13)4-7(9(6)14)17(11,15)16/h3-4,14H,1-2H2,(H,12,13). The van der Waals surface area contributed by atoms with Crippen LogP contribution in [0.25, 0.3) is 0 Å². The van der Waals surface area contributed by atoms with Gasteiger partial charge in [0.1, 0.15) is 4.90 Å². The zero-order valence-corrected chi connectivity index (χ0v) is 10.7. The third-order valence-electron chi connectivity index (χ3n) is 1.98. The second-order valence-corrected chi connectivity index (χ2v) is 6.20. The molecule has 0 saturated heterocycles. The highest BCUT2D eigenvalue weighted by molar-refractivity contribution is 8.13. The first-order valence-electron chi connectivity index (χ1n) is 4.39. The fraction of sp³-hybridized carbons (Fsp3) is 0.222. The number of aliphatic carboxylic acids is 1. The van der Waals surface area contributed by atoms with E-state index in [1.165, 1.54) is 6.07 Å². The van der Waals surface area contributed by atoms with Crippen molar-refractivity contribution in [3.63, 3.8) is 0 Å². The highest BCUT2D eigenvalue weighted by Gasteiger charge is 2.19. The fourth-order valence-corrected chi connectivity index (χ4v) is 2.49. The molecule has 0 radical (unpaired) electrons. The first kappa shape index (κ1) is 14.1. The Hall–Kier alpha value is -0.980. The number of hydrogen-bond donors (Lipinski definition) is 2. The Balaban J connectivity index is 3.20. The molecule has 0 saturated carbocycles. The first-order valence-corrected chi connectivity index (χ1v) is 7.08. The smallest absolute Gasteiger partial charge is 0.303 e. The maximum absolute atomic E-state index is 11.1. The number of phenols is 1. The van der Waals surface area contributed by atoms with Crippen LogP contribution in [-0.4, -0.2) is 24.6 Å². The molecular weight excluding hydrogens is 291 g/mol. The molecule has 0 aromatic heterocycles. The summed E-state index contributed by atoms with van der Waals surface area (Å²) in [6.07, 6.45) is -0.0857. The van der Waals surface area contributed by atoms with Crippen LogP contribution in [0.3, 0.4) is 0 Å². The number of aryl methyl sites for hydroxylation is 1. The van der Waals surface area contributed by atoms with Gasteiger partial charge in [0, 0.05) is 17.1 Å². The quantitative estimate of drug-likeness (QED) is 0.830. The SMILES string of the molecule is O=C(O)CCc1cc(Cl)c(O)c(S(=O)(=O)Cl)c1. The van der Waals surface area contributed by atoms with E-state index >= 15 is 0 Å². The number of benzene rings is 1. The van der Waals surface area contributed by atoms with Crippen molar-refractivity contribution in [3.8, 4) is 5.75 Å². The molecule has 1 rings (SSSR count). The molecule has 0 fully saturated rings. The molecule has 0 aliphatic rings. The topological polar surface area (TPSA) is 91.7 Å². The number of rotatable bonds is 4. The molecule has 0 atom stereocenters. The van der Waals surface area contributed by atoms with Crippen molar-refractivity contribution in [3.05, 3.63) is 22.7 Å². The van der Waals surface area contributed by atoms with Crippen LogP contribution >= 0.6 is 22.3 Å². The summed E-state index contributed by atoms with van der Waals surface area (Å²) in [5.41, 5.74) is 0.370. The molecule has 0 spiro atoms. The largest absolute Gasteiger partial charge is 0.505 e. The van der Waals surface area contributed by atoms with Crippen molar-refractivity contribution in [2.24, 2.45) is 0 Å². The van der Waals surface area contributed by atoms with Gasteiger partial charge < -0.3 is 10.2 Å². The van der Waals surface area contributed by atoms with Crippen LogP contribution in [0.2, 0.25) is 5.02 Å². The average molecular weight is 299 g/mol. The summed E-state index contributed by atoms with van der Waals surface area (Å²) in [5.74, 6) is -1.66. The van der Waals surface area contributed by atoms with Gasteiger partial charge in [0.15, 0.2) is 5.75 Å². The van der Waals surface area contributed by atoms with Crippen LogP contribution in [-0.2, 0) is 20.3 Å². The maximum Gasteiger partial charge on any atom is 0.303 e. The third-order valence-corrected chi connectivity index (χ3v) is 3.60. The highest BCUT2D eigenvalue weighted by Crippen LogP contribution is 2.34. The predicted molar refractivity (Wildman–Crippen MR) is 62.1 cm³/mol. The van der Waals surface area contributed by atoms with E-state index in [1.807, 2.05) is 0 Å². The Morgan fingerprint density at radius 1 is 1.35 bits per heavy atom. The Bertz CT molecular complexity index is 553. The number of carboxylic acids is 1. The lowest BCUT2D eigenvalue weighted by Crippen LogP contribution is -1.99. The molecule has 0 amide bonds. The molecule has 0 heterocycles. The van der Waals surface area contributed by atoms with E-state index in [9.17, 15) is 18.3 Å². The molecule has 2 N–H and O–H groups in total. The molecular formula is C9H8Cl2O5S. The van der Waals surface area contributed by atoms with E-state index in [4.69, 9.17) is 27.4 Å². The zero-order valence-electron chi connectivity index (χ0n) is 8.35. The molecule has 0 aliphatic carbocycles. The molecule has 0 aliphatic heterocycles. The van der Waals surface area contributed by atoms with E-state index in [0.29, 0.717) is 5.56 Å². The zero-order chi connectivity index (χ0) is 13.2. The van der Waals surface area contributed by atoms with Gasteiger partial charge in [0.2, 0.25) is 0 Å². The minimum Gasteiger partial charge on any atom is -0.505 e. The molecule has 8 heteroatoms. The Morgan fingerprint density at radius 3 is 2.41 bits per heavy atom. The molecule has 0 bridgehead atoms. The van der Waals surface area contributed by atoms with Gasteiger partial charge in [0.05, 0.1) is 5.02 Å². The lowest BCUT2D eigenvalue weighted by Gasteiger charge is -2.06. The van der Waals surface area contributed by atoms with Gasteiger partial charge in [-0.3, -0.25) is 4.79 Å². The van der Waals surface area contributed by atoms with Crippen molar-refractivity contribution >= 4 is 37.3 Å². The number of phenolic OH excluding ortho intramolecular Hbond substituents is 1. The Morgan fingerprint density at radius 2 is 1.94 bits per heavy atom. The van der Waals surface area contributed by atoms with Crippen molar-refractivity contribution in [1.29, 1.82) is 0 Å². The normalized spacial score (nSPS) is 11.4. The average Bonchev–Trinajstić information content (AvgIpc) is 2.17. The van der Waals surface area contributed by atoms with Crippen LogP contribution in [0, 0.1) is 0 Å². The number of carboxylic acid groups (broad SMARTS) is 1. The van der Waals surface area contributed by atoms with Gasteiger partial charge in [-0.1, -0.05) is 11.6 Å². The van der Waals surface area contributed by atoms with E-state index in [1.54, 1.807) is 0 Å². The lowest BCUT2D eigenvalue weighted by molar-refractivity contribution is -0.136. The van der Waals surface area contributed by atoms with Gasteiger partial charge in [-0.05, 0) is 24.1 Å². The summed E-state index contributed by atoms with van der Waals surface area (Å²) < 4.78 is 22.3. The van der Waals surface area contributed by atoms with Crippen LogP contribution < -0.4 is 0 Å². The van der Waals surface area contributed by atoms with Crippen molar-refractivity contribution in [2.75, 3.05) is 0 Å². The van der Waals surface area contributed by atoms with E-state index < -0.39 is 25.7 Å².